The molecule has 7 atom stereocenters. The molecule has 1 aromatic rings. The van der Waals surface area contributed by atoms with Crippen molar-refractivity contribution in [2.45, 2.75) is 63.8 Å². The first kappa shape index (κ1) is 29.3. The SMILES string of the molecule is C=CCOC(=O)[C@H]1[C@H]2C(=O)N([C@@H](CO)CC(C)C)C(C(=O)N(CC=C)c3ccccc3Cl)C23CC(C)[C@]1(C)O3. The standard InChI is InChI=1S/C30H39ClN2O6/c1-7-13-32(22-12-10-9-11-21(22)31)27(36)25-30-16-19(5)29(6,39-30)24(28(37)38-14-8-2)23(30)26(35)33(25)20(17-34)15-18(3)4/h7-12,18-20,23-25,34H,1-2,13-17H2,3-6H3/t19?,20-,23+,24-,25?,29+,30?/m1/s1. The van der Waals surface area contributed by atoms with E-state index in [0.29, 0.717) is 23.6 Å². The van der Waals surface area contributed by atoms with Crippen molar-refractivity contribution >= 4 is 35.1 Å². The number of esters is 1. The molecule has 3 aliphatic rings. The number of para-hydroxylation sites is 1. The van der Waals surface area contributed by atoms with Gasteiger partial charge in [0.25, 0.3) is 5.91 Å². The number of benzene rings is 1. The molecule has 39 heavy (non-hydrogen) atoms. The highest BCUT2D eigenvalue weighted by atomic mass is 35.5. The summed E-state index contributed by atoms with van der Waals surface area (Å²) in [4.78, 5) is 45.5. The van der Waals surface area contributed by atoms with E-state index in [0.717, 1.165) is 0 Å². The van der Waals surface area contributed by atoms with Gasteiger partial charge in [0, 0.05) is 6.54 Å². The first-order valence-electron chi connectivity index (χ1n) is 13.6. The highest BCUT2D eigenvalue weighted by molar-refractivity contribution is 6.34. The fourth-order valence-corrected chi connectivity index (χ4v) is 7.25. The van der Waals surface area contributed by atoms with Gasteiger partial charge in [-0.1, -0.05) is 63.2 Å². The number of nitrogens with zero attached hydrogens (tertiary/aromatic N) is 2. The molecule has 2 bridgehead atoms. The predicted octanol–water partition coefficient (Wildman–Crippen LogP) is 4.01. The molecule has 0 aromatic heterocycles. The molecule has 3 aliphatic heterocycles. The second kappa shape index (κ2) is 11.1. The number of carbonyl (C=O) groups excluding carboxylic acids is 3. The molecule has 0 aliphatic carbocycles. The second-order valence-corrected chi connectivity index (χ2v) is 11.9. The van der Waals surface area contributed by atoms with E-state index in [1.54, 1.807) is 30.3 Å². The van der Waals surface area contributed by atoms with Crippen LogP contribution in [0.25, 0.3) is 0 Å². The molecule has 3 fully saturated rings. The Balaban J connectivity index is 1.89. The first-order chi connectivity index (χ1) is 18.5. The van der Waals surface area contributed by atoms with E-state index in [2.05, 4.69) is 13.2 Å². The highest BCUT2D eigenvalue weighted by Gasteiger charge is 2.80. The third kappa shape index (κ3) is 4.60. The van der Waals surface area contributed by atoms with Gasteiger partial charge in [-0.15, -0.1) is 6.58 Å². The number of aliphatic hydroxyl groups excluding tert-OH is 1. The number of anilines is 1. The van der Waals surface area contributed by atoms with E-state index in [1.807, 2.05) is 27.7 Å². The Labute approximate surface area is 235 Å². The Kier molecular flexibility index (Phi) is 8.31. The van der Waals surface area contributed by atoms with Crippen LogP contribution < -0.4 is 4.90 Å². The topological polar surface area (TPSA) is 96.4 Å². The second-order valence-electron chi connectivity index (χ2n) is 11.5. The molecule has 9 heteroatoms. The van der Waals surface area contributed by atoms with E-state index in [1.165, 1.54) is 15.9 Å². The molecule has 3 saturated heterocycles. The third-order valence-electron chi connectivity index (χ3n) is 8.65. The first-order valence-corrected chi connectivity index (χ1v) is 13.9. The fourth-order valence-electron chi connectivity index (χ4n) is 7.01. The molecular weight excluding hydrogens is 520 g/mol. The van der Waals surface area contributed by atoms with Crippen molar-refractivity contribution in [1.82, 2.24) is 4.90 Å². The van der Waals surface area contributed by atoms with Gasteiger partial charge in [-0.05, 0) is 43.7 Å². The Morgan fingerprint density at radius 2 is 2.00 bits per heavy atom. The van der Waals surface area contributed by atoms with Gasteiger partial charge >= 0.3 is 5.97 Å². The summed E-state index contributed by atoms with van der Waals surface area (Å²) in [6.07, 6.45) is 3.95. The summed E-state index contributed by atoms with van der Waals surface area (Å²) in [7, 11) is 0. The largest absolute Gasteiger partial charge is 0.461 e. The van der Waals surface area contributed by atoms with Crippen molar-refractivity contribution in [2.24, 2.45) is 23.7 Å². The lowest BCUT2D eigenvalue weighted by Crippen LogP contribution is -2.59. The average molecular weight is 559 g/mol. The number of fused-ring (bicyclic) bond motifs is 1. The van der Waals surface area contributed by atoms with Gasteiger partial charge in [-0.3, -0.25) is 14.4 Å². The summed E-state index contributed by atoms with van der Waals surface area (Å²) in [6.45, 7) is 15.1. The van der Waals surface area contributed by atoms with Crippen LogP contribution in [0.4, 0.5) is 5.69 Å². The maximum atomic E-state index is 14.7. The van der Waals surface area contributed by atoms with Gasteiger partial charge in [0.15, 0.2) is 0 Å². The molecule has 1 spiro atoms. The fraction of sp³-hybridized carbons (Fsp3) is 0.567. The zero-order valence-electron chi connectivity index (χ0n) is 23.1. The number of hydrogen-bond donors (Lipinski definition) is 1. The van der Waals surface area contributed by atoms with Crippen molar-refractivity contribution < 1.29 is 29.0 Å². The Morgan fingerprint density at radius 3 is 2.59 bits per heavy atom. The van der Waals surface area contributed by atoms with E-state index >= 15 is 0 Å². The summed E-state index contributed by atoms with van der Waals surface area (Å²) < 4.78 is 12.2. The minimum absolute atomic E-state index is 0.00596. The normalized spacial score (nSPS) is 31.8. The molecule has 1 aromatic carbocycles. The van der Waals surface area contributed by atoms with Crippen LogP contribution in [0.2, 0.25) is 5.02 Å². The quantitative estimate of drug-likeness (QED) is 0.326. The van der Waals surface area contributed by atoms with Gasteiger partial charge < -0.3 is 24.4 Å². The van der Waals surface area contributed by atoms with E-state index in [-0.39, 0.29) is 37.5 Å². The molecular formula is C30H39ClN2O6. The van der Waals surface area contributed by atoms with Gasteiger partial charge in [-0.2, -0.15) is 0 Å². The number of hydrogen-bond acceptors (Lipinski definition) is 6. The molecule has 0 radical (unpaired) electrons. The van der Waals surface area contributed by atoms with Crippen LogP contribution in [-0.4, -0.2) is 70.8 Å². The maximum Gasteiger partial charge on any atom is 0.313 e. The van der Waals surface area contributed by atoms with Gasteiger partial charge in [0.1, 0.15) is 24.2 Å². The maximum absolute atomic E-state index is 14.7. The smallest absolute Gasteiger partial charge is 0.313 e. The minimum Gasteiger partial charge on any atom is -0.461 e. The van der Waals surface area contributed by atoms with Crippen LogP contribution in [-0.2, 0) is 23.9 Å². The van der Waals surface area contributed by atoms with Crippen LogP contribution in [0.1, 0.15) is 40.5 Å². The van der Waals surface area contributed by atoms with Gasteiger partial charge in [0.05, 0.1) is 34.9 Å². The lowest BCUT2D eigenvalue weighted by Gasteiger charge is -2.40. The number of rotatable bonds is 11. The molecule has 4 rings (SSSR count). The lowest BCUT2D eigenvalue weighted by molar-refractivity contribution is -0.161. The van der Waals surface area contributed by atoms with Crippen molar-refractivity contribution in [3.63, 3.8) is 0 Å². The van der Waals surface area contributed by atoms with Crippen LogP contribution in [0.5, 0.6) is 0 Å². The summed E-state index contributed by atoms with van der Waals surface area (Å²) in [5, 5.41) is 10.9. The highest BCUT2D eigenvalue weighted by Crippen LogP contribution is 2.66. The van der Waals surface area contributed by atoms with Crippen molar-refractivity contribution in [1.29, 1.82) is 0 Å². The molecule has 3 unspecified atom stereocenters. The van der Waals surface area contributed by atoms with Crippen molar-refractivity contribution in [3.8, 4) is 0 Å². The zero-order chi connectivity index (χ0) is 28.7. The van der Waals surface area contributed by atoms with Gasteiger partial charge in [-0.25, -0.2) is 0 Å². The Hall–Kier alpha value is -2.68. The van der Waals surface area contributed by atoms with Crippen LogP contribution >= 0.6 is 11.6 Å². The zero-order valence-corrected chi connectivity index (χ0v) is 23.9. The number of ether oxygens (including phenoxy) is 2. The minimum atomic E-state index is -1.27. The van der Waals surface area contributed by atoms with Crippen molar-refractivity contribution in [2.75, 3.05) is 24.7 Å². The number of amides is 2. The summed E-state index contributed by atoms with van der Waals surface area (Å²) in [5.74, 6) is -3.14. The Morgan fingerprint density at radius 1 is 1.31 bits per heavy atom. The van der Waals surface area contributed by atoms with Crippen molar-refractivity contribution in [3.05, 3.63) is 54.6 Å². The number of halogens is 1. The average Bonchev–Trinajstić information content (AvgIpc) is 3.41. The van der Waals surface area contributed by atoms with E-state index < -0.39 is 47.0 Å². The van der Waals surface area contributed by atoms with E-state index in [4.69, 9.17) is 21.1 Å². The summed E-state index contributed by atoms with van der Waals surface area (Å²) in [5.41, 5.74) is -1.79. The number of aliphatic hydroxyl groups is 1. The summed E-state index contributed by atoms with van der Waals surface area (Å²) >= 11 is 6.53. The molecule has 8 nitrogen and oxygen atoms in total. The van der Waals surface area contributed by atoms with Gasteiger partial charge in [0.2, 0.25) is 5.91 Å². The third-order valence-corrected chi connectivity index (χ3v) is 8.97. The lowest BCUT2D eigenvalue weighted by atomic mass is 9.62. The number of carbonyl (C=O) groups is 3. The van der Waals surface area contributed by atoms with E-state index in [9.17, 15) is 19.5 Å². The summed E-state index contributed by atoms with van der Waals surface area (Å²) in [6, 6.07) is 5.27. The predicted molar refractivity (Wildman–Crippen MR) is 149 cm³/mol. The number of likely N-dealkylation sites (tertiary alicyclic amines) is 1. The Bertz CT molecular complexity index is 1160. The molecule has 0 saturated carbocycles. The van der Waals surface area contributed by atoms with Crippen LogP contribution in [0.3, 0.4) is 0 Å². The van der Waals surface area contributed by atoms with Crippen LogP contribution in [0.15, 0.2) is 49.6 Å². The molecule has 2 amide bonds. The molecule has 212 valence electrons. The monoisotopic (exact) mass is 558 g/mol. The molecule has 1 N–H and O–H groups in total. The van der Waals surface area contributed by atoms with Crippen LogP contribution in [0, 0.1) is 23.7 Å². The molecule has 3 heterocycles.